The quantitative estimate of drug-likeness (QED) is 0.507. The second-order valence-corrected chi connectivity index (χ2v) is 7.20. The van der Waals surface area contributed by atoms with Gasteiger partial charge in [0.15, 0.2) is 5.76 Å². The van der Waals surface area contributed by atoms with Crippen molar-refractivity contribution in [3.8, 4) is 21.8 Å². The van der Waals surface area contributed by atoms with E-state index in [0.717, 1.165) is 33.0 Å². The number of nitrogens with one attached hydrogen (secondary N) is 1. The van der Waals surface area contributed by atoms with Crippen molar-refractivity contribution in [1.29, 1.82) is 0 Å². The first-order chi connectivity index (χ1) is 13.5. The number of hydrogen-bond acceptors (Lipinski definition) is 5. The highest BCUT2D eigenvalue weighted by molar-refractivity contribution is 7.15. The first-order valence-corrected chi connectivity index (χ1v) is 9.08. The molecule has 0 atom stereocenters. The average molecular weight is 397 g/mol. The lowest BCUT2D eigenvalue weighted by molar-refractivity contribution is 0.101. The number of rotatable bonds is 4. The summed E-state index contributed by atoms with van der Waals surface area (Å²) in [5, 5.41) is 6.12. The molecule has 4 aromatic rings. The second kappa shape index (κ2) is 7.32. The third-order valence-electron chi connectivity index (χ3n) is 4.10. The molecule has 0 aliphatic heterocycles. The van der Waals surface area contributed by atoms with E-state index >= 15 is 0 Å². The van der Waals surface area contributed by atoms with Gasteiger partial charge in [-0.05, 0) is 42.8 Å². The van der Waals surface area contributed by atoms with Crippen LogP contribution >= 0.6 is 11.3 Å². The van der Waals surface area contributed by atoms with Gasteiger partial charge in [0.05, 0.1) is 11.1 Å². The van der Waals surface area contributed by atoms with Gasteiger partial charge in [-0.3, -0.25) is 4.79 Å². The summed E-state index contributed by atoms with van der Waals surface area (Å²) in [6.07, 6.45) is 3.17. The molecule has 0 saturated heterocycles. The summed E-state index contributed by atoms with van der Waals surface area (Å²) in [4.78, 5) is 18.3. The second-order valence-electron chi connectivity index (χ2n) is 5.94. The van der Waals surface area contributed by atoms with Crippen LogP contribution in [0.2, 0.25) is 0 Å². The Hall–Kier alpha value is -3.39. The zero-order valence-corrected chi connectivity index (χ0v) is 15.4. The minimum atomic E-state index is -0.928. The first kappa shape index (κ1) is 18.0. The topological polar surface area (TPSA) is 68.0 Å². The van der Waals surface area contributed by atoms with Gasteiger partial charge < -0.3 is 9.84 Å². The SMILES string of the molecule is Cc1sc(-c2ccno2)cc1-c1ccc(NC(=O)c2c(F)cccc2F)nc1. The number of carbonyl (C=O) groups is 1. The third kappa shape index (κ3) is 3.41. The van der Waals surface area contributed by atoms with Crippen molar-refractivity contribution in [2.45, 2.75) is 6.92 Å². The van der Waals surface area contributed by atoms with Crippen molar-refractivity contribution in [3.63, 3.8) is 0 Å². The number of aromatic nitrogens is 2. The van der Waals surface area contributed by atoms with Crippen LogP contribution in [0.3, 0.4) is 0 Å². The molecule has 1 N–H and O–H groups in total. The number of amides is 1. The largest absolute Gasteiger partial charge is 0.355 e. The summed E-state index contributed by atoms with van der Waals surface area (Å²) in [5.74, 6) is -1.87. The summed E-state index contributed by atoms with van der Waals surface area (Å²) in [5.41, 5.74) is 1.18. The fourth-order valence-corrected chi connectivity index (χ4v) is 3.75. The fraction of sp³-hybridized carbons (Fsp3) is 0.0500. The molecule has 0 fully saturated rings. The van der Waals surface area contributed by atoms with Gasteiger partial charge in [0.2, 0.25) is 0 Å². The molecular formula is C20H13F2N3O2S. The van der Waals surface area contributed by atoms with Gasteiger partial charge in [-0.2, -0.15) is 0 Å². The Bertz CT molecular complexity index is 1120. The molecule has 8 heteroatoms. The van der Waals surface area contributed by atoms with Crippen LogP contribution in [-0.2, 0) is 0 Å². The van der Waals surface area contributed by atoms with Gasteiger partial charge in [-0.1, -0.05) is 11.2 Å². The summed E-state index contributed by atoms with van der Waals surface area (Å²) < 4.78 is 32.6. The first-order valence-electron chi connectivity index (χ1n) is 8.26. The van der Waals surface area contributed by atoms with Crippen LogP contribution in [0.4, 0.5) is 14.6 Å². The number of thiophene rings is 1. The Balaban J connectivity index is 1.56. The van der Waals surface area contributed by atoms with E-state index in [1.54, 1.807) is 41.9 Å². The zero-order valence-electron chi connectivity index (χ0n) is 14.6. The van der Waals surface area contributed by atoms with Crippen LogP contribution in [0, 0.1) is 18.6 Å². The molecule has 28 heavy (non-hydrogen) atoms. The number of carbonyl (C=O) groups excluding carboxylic acids is 1. The summed E-state index contributed by atoms with van der Waals surface area (Å²) in [6.45, 7) is 1.98. The van der Waals surface area contributed by atoms with E-state index < -0.39 is 23.1 Å². The van der Waals surface area contributed by atoms with Crippen LogP contribution in [-0.4, -0.2) is 16.0 Å². The van der Waals surface area contributed by atoms with Gasteiger partial charge in [0.25, 0.3) is 5.91 Å². The minimum Gasteiger partial charge on any atom is -0.355 e. The molecule has 5 nitrogen and oxygen atoms in total. The van der Waals surface area contributed by atoms with E-state index in [4.69, 9.17) is 4.52 Å². The van der Waals surface area contributed by atoms with Gasteiger partial charge in [0, 0.05) is 22.7 Å². The molecule has 0 aliphatic rings. The van der Waals surface area contributed by atoms with E-state index in [1.165, 1.54) is 6.07 Å². The van der Waals surface area contributed by atoms with Crippen molar-refractivity contribution in [3.05, 3.63) is 76.9 Å². The van der Waals surface area contributed by atoms with E-state index in [0.29, 0.717) is 5.76 Å². The van der Waals surface area contributed by atoms with Crippen LogP contribution in [0.1, 0.15) is 15.2 Å². The van der Waals surface area contributed by atoms with Gasteiger partial charge in [-0.25, -0.2) is 13.8 Å². The maximum Gasteiger partial charge on any atom is 0.262 e. The maximum atomic E-state index is 13.7. The lowest BCUT2D eigenvalue weighted by atomic mass is 10.1. The summed E-state index contributed by atoms with van der Waals surface area (Å²) in [7, 11) is 0. The number of hydrogen-bond donors (Lipinski definition) is 1. The number of pyridine rings is 1. The molecule has 3 heterocycles. The third-order valence-corrected chi connectivity index (χ3v) is 5.17. The Morgan fingerprint density at radius 3 is 2.57 bits per heavy atom. The number of nitrogens with zero attached hydrogens (tertiary/aromatic N) is 2. The number of anilines is 1. The highest BCUT2D eigenvalue weighted by Gasteiger charge is 2.18. The van der Waals surface area contributed by atoms with Crippen LogP contribution in [0.5, 0.6) is 0 Å². The smallest absolute Gasteiger partial charge is 0.262 e. The predicted octanol–water partition coefficient (Wildman–Crippen LogP) is 5.30. The molecule has 0 bridgehead atoms. The summed E-state index contributed by atoms with van der Waals surface area (Å²) >= 11 is 1.57. The summed E-state index contributed by atoms with van der Waals surface area (Å²) in [6, 6.07) is 10.4. The molecule has 0 spiro atoms. The van der Waals surface area contributed by atoms with Crippen molar-refractivity contribution in [2.75, 3.05) is 5.32 Å². The standard InChI is InChI=1S/C20H13F2N3O2S/c1-11-13(9-17(28-11)16-7-8-24-27-16)12-5-6-18(23-10-12)25-20(26)19-14(21)3-2-4-15(19)22/h2-10H,1H3,(H,23,25,26). The molecular weight excluding hydrogens is 384 g/mol. The Morgan fingerprint density at radius 1 is 1.14 bits per heavy atom. The van der Waals surface area contributed by atoms with Crippen molar-refractivity contribution in [1.82, 2.24) is 10.1 Å². The van der Waals surface area contributed by atoms with Crippen LogP contribution < -0.4 is 5.32 Å². The van der Waals surface area contributed by atoms with Gasteiger partial charge in [-0.15, -0.1) is 11.3 Å². The number of benzene rings is 1. The monoisotopic (exact) mass is 397 g/mol. The van der Waals surface area contributed by atoms with E-state index in [2.05, 4.69) is 15.5 Å². The van der Waals surface area contributed by atoms with Crippen LogP contribution in [0.25, 0.3) is 21.8 Å². The number of halogens is 2. The molecule has 0 unspecified atom stereocenters. The van der Waals surface area contributed by atoms with Gasteiger partial charge in [0.1, 0.15) is 23.0 Å². The highest BCUT2D eigenvalue weighted by atomic mass is 32.1. The average Bonchev–Trinajstić information content (AvgIpc) is 3.32. The van der Waals surface area contributed by atoms with Gasteiger partial charge >= 0.3 is 0 Å². The maximum absolute atomic E-state index is 13.7. The fourth-order valence-electron chi connectivity index (χ4n) is 2.75. The van der Waals surface area contributed by atoms with E-state index in [9.17, 15) is 13.6 Å². The zero-order chi connectivity index (χ0) is 19.7. The molecule has 4 rings (SSSR count). The Morgan fingerprint density at radius 2 is 1.93 bits per heavy atom. The van der Waals surface area contributed by atoms with Crippen molar-refractivity contribution < 1.29 is 18.1 Å². The Labute approximate surface area is 162 Å². The van der Waals surface area contributed by atoms with Crippen LogP contribution in [0.15, 0.2) is 59.4 Å². The lowest BCUT2D eigenvalue weighted by Gasteiger charge is -2.07. The molecule has 0 saturated carbocycles. The lowest BCUT2D eigenvalue weighted by Crippen LogP contribution is -2.16. The molecule has 1 aromatic carbocycles. The Kier molecular flexibility index (Phi) is 4.70. The molecule has 140 valence electrons. The molecule has 0 aliphatic carbocycles. The minimum absolute atomic E-state index is 0.194. The molecule has 1 amide bonds. The van der Waals surface area contributed by atoms with E-state index in [-0.39, 0.29) is 5.82 Å². The number of aryl methyl sites for hydroxylation is 1. The molecule has 3 aromatic heterocycles. The van der Waals surface area contributed by atoms with E-state index in [1.807, 2.05) is 13.0 Å². The highest BCUT2D eigenvalue weighted by Crippen LogP contribution is 2.36. The van der Waals surface area contributed by atoms with Crippen molar-refractivity contribution in [2.24, 2.45) is 0 Å². The molecule has 0 radical (unpaired) electrons. The predicted molar refractivity (Wildman–Crippen MR) is 102 cm³/mol. The van der Waals surface area contributed by atoms with Crippen molar-refractivity contribution >= 4 is 23.1 Å². The normalized spacial score (nSPS) is 10.8.